The number of aromatic nitrogens is 1. The van der Waals surface area contributed by atoms with Crippen LogP contribution in [0.4, 0.5) is 0 Å². The highest BCUT2D eigenvalue weighted by Gasteiger charge is 2.20. The van der Waals surface area contributed by atoms with Gasteiger partial charge in [-0.05, 0) is 58.4 Å². The number of halogens is 1. The van der Waals surface area contributed by atoms with E-state index in [9.17, 15) is 9.90 Å². The Labute approximate surface area is 158 Å². The summed E-state index contributed by atoms with van der Waals surface area (Å²) in [6.07, 6.45) is 2.62. The number of amides is 1. The van der Waals surface area contributed by atoms with Crippen LogP contribution in [0.1, 0.15) is 50.5 Å². The van der Waals surface area contributed by atoms with Gasteiger partial charge in [0, 0.05) is 16.8 Å². The molecular formula is C19H26ClN3O3. The predicted octanol–water partition coefficient (Wildman–Crippen LogP) is 3.63. The van der Waals surface area contributed by atoms with Gasteiger partial charge in [-0.3, -0.25) is 4.79 Å². The summed E-state index contributed by atoms with van der Waals surface area (Å²) < 4.78 is 5.65. The van der Waals surface area contributed by atoms with Crippen LogP contribution in [0.15, 0.2) is 18.2 Å². The number of rotatable bonds is 8. The Hall–Kier alpha value is -2.05. The minimum absolute atomic E-state index is 0.0101. The first kappa shape index (κ1) is 20.3. The van der Waals surface area contributed by atoms with Crippen LogP contribution in [0.3, 0.4) is 0 Å². The molecule has 2 rings (SSSR count). The predicted molar refractivity (Wildman–Crippen MR) is 104 cm³/mol. The first-order valence-electron chi connectivity index (χ1n) is 8.83. The van der Waals surface area contributed by atoms with E-state index in [1.807, 2.05) is 20.8 Å². The second kappa shape index (κ2) is 9.05. The highest BCUT2D eigenvalue weighted by atomic mass is 35.5. The molecular weight excluding hydrogens is 354 g/mol. The van der Waals surface area contributed by atoms with E-state index in [2.05, 4.69) is 10.3 Å². The minimum atomic E-state index is -0.457. The van der Waals surface area contributed by atoms with Gasteiger partial charge in [-0.2, -0.15) is 0 Å². The number of hydrogen-bond acceptors (Lipinski definition) is 5. The van der Waals surface area contributed by atoms with Crippen molar-refractivity contribution in [3.63, 3.8) is 0 Å². The highest BCUT2D eigenvalue weighted by Crippen LogP contribution is 2.34. The molecule has 26 heavy (non-hydrogen) atoms. The summed E-state index contributed by atoms with van der Waals surface area (Å²) >= 11 is 6.22. The molecule has 2 aromatic rings. The number of nitrogens with one attached hydrogen (secondary N) is 1. The molecule has 0 saturated heterocycles. The molecule has 1 atom stereocenters. The van der Waals surface area contributed by atoms with Crippen LogP contribution in [-0.4, -0.2) is 34.7 Å². The molecule has 0 aliphatic heterocycles. The van der Waals surface area contributed by atoms with Crippen molar-refractivity contribution in [3.8, 4) is 11.5 Å². The Kier molecular flexibility index (Phi) is 7.06. The van der Waals surface area contributed by atoms with Gasteiger partial charge in [-0.15, -0.1) is 0 Å². The summed E-state index contributed by atoms with van der Waals surface area (Å²) in [5.74, 6) is -0.0708. The van der Waals surface area contributed by atoms with Crippen LogP contribution >= 0.6 is 11.6 Å². The average molecular weight is 380 g/mol. The fourth-order valence-electron chi connectivity index (χ4n) is 2.70. The van der Waals surface area contributed by atoms with E-state index in [0.717, 1.165) is 19.3 Å². The Bertz CT molecular complexity index is 780. The van der Waals surface area contributed by atoms with Gasteiger partial charge in [0.15, 0.2) is 11.4 Å². The Morgan fingerprint density at radius 1 is 1.31 bits per heavy atom. The molecule has 0 fully saturated rings. The Morgan fingerprint density at radius 3 is 2.69 bits per heavy atom. The van der Waals surface area contributed by atoms with Gasteiger partial charge < -0.3 is 20.9 Å². The molecule has 1 amide bonds. The van der Waals surface area contributed by atoms with E-state index in [1.54, 1.807) is 18.2 Å². The smallest absolute Gasteiger partial charge is 0.274 e. The molecule has 4 N–H and O–H groups in total. The lowest BCUT2D eigenvalue weighted by molar-refractivity contribution is 0.0930. The number of unbranched alkanes of at least 4 members (excludes halogenated alkanes) is 1. The van der Waals surface area contributed by atoms with Crippen molar-refractivity contribution >= 4 is 28.3 Å². The number of pyridine rings is 1. The lowest BCUT2D eigenvalue weighted by Crippen LogP contribution is -2.33. The normalized spacial score (nSPS) is 12.4. The molecule has 0 bridgehead atoms. The largest absolute Gasteiger partial charge is 0.505 e. The zero-order chi connectivity index (χ0) is 19.3. The minimum Gasteiger partial charge on any atom is -0.505 e. The average Bonchev–Trinajstić information content (AvgIpc) is 2.57. The molecule has 7 heteroatoms. The van der Waals surface area contributed by atoms with E-state index < -0.39 is 5.91 Å². The second-order valence-electron chi connectivity index (χ2n) is 6.63. The second-order valence-corrected chi connectivity index (χ2v) is 6.99. The molecule has 0 aliphatic carbocycles. The van der Waals surface area contributed by atoms with Gasteiger partial charge in [-0.25, -0.2) is 4.98 Å². The molecule has 0 unspecified atom stereocenters. The van der Waals surface area contributed by atoms with Gasteiger partial charge in [-0.1, -0.05) is 18.0 Å². The van der Waals surface area contributed by atoms with Crippen LogP contribution in [0, 0.1) is 0 Å². The summed E-state index contributed by atoms with van der Waals surface area (Å²) in [5, 5.41) is 14.6. The number of hydrogen-bond donors (Lipinski definition) is 3. The molecule has 142 valence electrons. The Balaban J connectivity index is 2.29. The van der Waals surface area contributed by atoms with Crippen LogP contribution in [0.2, 0.25) is 5.15 Å². The lowest BCUT2D eigenvalue weighted by atomic mass is 10.1. The number of nitrogens with two attached hydrogens (primary N) is 1. The van der Waals surface area contributed by atoms with Crippen molar-refractivity contribution in [2.24, 2.45) is 5.73 Å². The molecule has 0 aliphatic rings. The Morgan fingerprint density at radius 2 is 2.04 bits per heavy atom. The number of ether oxygens (including phenoxy) is 1. The summed E-state index contributed by atoms with van der Waals surface area (Å²) in [4.78, 5) is 16.6. The van der Waals surface area contributed by atoms with E-state index >= 15 is 0 Å². The van der Waals surface area contributed by atoms with Crippen LogP contribution in [0.25, 0.3) is 10.8 Å². The SMILES string of the molecule is CC(C)Oc1ccc2c(Cl)nc(C(=O)N[C@H](C)CCCCN)c(O)c2c1. The van der Waals surface area contributed by atoms with Gasteiger partial charge in [0.05, 0.1) is 6.10 Å². The molecule has 1 heterocycles. The summed E-state index contributed by atoms with van der Waals surface area (Å²) in [7, 11) is 0. The van der Waals surface area contributed by atoms with Crippen molar-refractivity contribution in [2.45, 2.75) is 52.2 Å². The third-order valence-electron chi connectivity index (χ3n) is 3.96. The number of aromatic hydroxyl groups is 1. The zero-order valence-electron chi connectivity index (χ0n) is 15.4. The van der Waals surface area contributed by atoms with Crippen molar-refractivity contribution in [1.29, 1.82) is 0 Å². The summed E-state index contributed by atoms with van der Waals surface area (Å²) in [6.45, 7) is 6.36. The number of carbonyl (C=O) groups excluding carboxylic acids is 1. The number of fused-ring (bicyclic) bond motifs is 1. The summed E-state index contributed by atoms with van der Waals surface area (Å²) in [5.41, 5.74) is 5.40. The molecule has 6 nitrogen and oxygen atoms in total. The maximum absolute atomic E-state index is 12.5. The quantitative estimate of drug-likeness (QED) is 0.480. The summed E-state index contributed by atoms with van der Waals surface area (Å²) in [6, 6.07) is 5.09. The fourth-order valence-corrected chi connectivity index (χ4v) is 2.95. The van der Waals surface area contributed by atoms with Gasteiger partial charge in [0.25, 0.3) is 5.91 Å². The molecule has 1 aromatic heterocycles. The number of benzene rings is 1. The fraction of sp³-hybridized carbons (Fsp3) is 0.474. The molecule has 0 spiro atoms. The maximum atomic E-state index is 12.5. The highest BCUT2D eigenvalue weighted by molar-refractivity contribution is 6.35. The molecule has 0 radical (unpaired) electrons. The third kappa shape index (κ3) is 4.99. The topological polar surface area (TPSA) is 97.5 Å². The van der Waals surface area contributed by atoms with Gasteiger partial charge >= 0.3 is 0 Å². The third-order valence-corrected chi connectivity index (χ3v) is 4.25. The van der Waals surface area contributed by atoms with Crippen LogP contribution in [0.5, 0.6) is 11.5 Å². The van der Waals surface area contributed by atoms with Gasteiger partial charge in [0.1, 0.15) is 10.9 Å². The van der Waals surface area contributed by atoms with Gasteiger partial charge in [0.2, 0.25) is 0 Å². The number of carbonyl (C=O) groups is 1. The standard InChI is InChI=1S/C19H26ClN3O3/c1-11(2)26-13-7-8-14-15(10-13)17(24)16(23-18(14)20)19(25)22-12(3)6-4-5-9-21/h7-8,10-12,24H,4-6,9,21H2,1-3H3,(H,22,25)/t12-/m1/s1. The van der Waals surface area contributed by atoms with Crippen molar-refractivity contribution in [1.82, 2.24) is 10.3 Å². The lowest BCUT2D eigenvalue weighted by Gasteiger charge is -2.15. The van der Waals surface area contributed by atoms with Crippen molar-refractivity contribution < 1.29 is 14.6 Å². The first-order valence-corrected chi connectivity index (χ1v) is 9.21. The van der Waals surface area contributed by atoms with E-state index in [-0.39, 0.29) is 28.7 Å². The zero-order valence-corrected chi connectivity index (χ0v) is 16.1. The van der Waals surface area contributed by atoms with E-state index in [0.29, 0.717) is 23.1 Å². The van der Waals surface area contributed by atoms with E-state index in [1.165, 1.54) is 0 Å². The molecule has 0 saturated carbocycles. The van der Waals surface area contributed by atoms with Crippen LogP contribution < -0.4 is 15.8 Å². The first-order chi connectivity index (χ1) is 12.3. The molecule has 1 aromatic carbocycles. The van der Waals surface area contributed by atoms with E-state index in [4.69, 9.17) is 22.1 Å². The van der Waals surface area contributed by atoms with Crippen molar-refractivity contribution in [3.05, 3.63) is 29.0 Å². The van der Waals surface area contributed by atoms with Crippen LogP contribution in [-0.2, 0) is 0 Å². The number of nitrogens with zero attached hydrogens (tertiary/aromatic N) is 1. The maximum Gasteiger partial charge on any atom is 0.274 e. The monoisotopic (exact) mass is 379 g/mol. The van der Waals surface area contributed by atoms with Crippen molar-refractivity contribution in [2.75, 3.05) is 6.54 Å².